The van der Waals surface area contributed by atoms with Gasteiger partial charge >= 0.3 is 7.12 Å². The molecule has 0 radical (unpaired) electrons. The van der Waals surface area contributed by atoms with Crippen LogP contribution in [0.2, 0.25) is 0 Å². The van der Waals surface area contributed by atoms with Crippen molar-refractivity contribution in [3.8, 4) is 0 Å². The second-order valence-corrected chi connectivity index (χ2v) is 2.69. The molecule has 0 aliphatic rings. The van der Waals surface area contributed by atoms with E-state index in [-0.39, 0.29) is 11.0 Å². The van der Waals surface area contributed by atoms with E-state index < -0.39 is 18.8 Å². The summed E-state index contributed by atoms with van der Waals surface area (Å²) in [6.07, 6.45) is 0. The highest BCUT2D eigenvalue weighted by Gasteiger charge is 2.17. The molecule has 1 aromatic rings. The van der Waals surface area contributed by atoms with E-state index in [9.17, 15) is 9.18 Å². The van der Waals surface area contributed by atoms with Crippen molar-refractivity contribution in [1.29, 1.82) is 0 Å². The molecule has 74 valence electrons. The third kappa shape index (κ3) is 2.10. The minimum absolute atomic E-state index is 0.134. The van der Waals surface area contributed by atoms with Crippen LogP contribution in [0.4, 0.5) is 4.39 Å². The van der Waals surface area contributed by atoms with E-state index in [0.29, 0.717) is 0 Å². The lowest BCUT2D eigenvalue weighted by Crippen LogP contribution is -2.33. The molecule has 0 aliphatic carbocycles. The minimum atomic E-state index is -1.87. The number of halogens is 1. The Bertz CT molecular complexity index is 356. The Morgan fingerprint density at radius 1 is 1.50 bits per heavy atom. The summed E-state index contributed by atoms with van der Waals surface area (Å²) in [5.41, 5.74) is -0.118. The molecule has 0 saturated heterocycles. The van der Waals surface area contributed by atoms with Crippen molar-refractivity contribution in [1.82, 2.24) is 5.32 Å². The molecule has 0 spiro atoms. The predicted octanol–water partition coefficient (Wildman–Crippen LogP) is -1.13. The molecule has 0 fully saturated rings. The van der Waals surface area contributed by atoms with Gasteiger partial charge in [-0.15, -0.1) is 0 Å². The van der Waals surface area contributed by atoms with E-state index in [0.717, 1.165) is 12.1 Å². The summed E-state index contributed by atoms with van der Waals surface area (Å²) >= 11 is 0. The van der Waals surface area contributed by atoms with Crippen LogP contribution >= 0.6 is 0 Å². The van der Waals surface area contributed by atoms with Gasteiger partial charge in [-0.1, -0.05) is 6.07 Å². The maximum absolute atomic E-state index is 13.1. The Balaban J connectivity index is 3.06. The number of rotatable bonds is 2. The van der Waals surface area contributed by atoms with E-state index >= 15 is 0 Å². The maximum atomic E-state index is 13.1. The van der Waals surface area contributed by atoms with Crippen LogP contribution in [-0.4, -0.2) is 30.1 Å². The van der Waals surface area contributed by atoms with Crippen molar-refractivity contribution in [2.75, 3.05) is 7.05 Å². The molecule has 0 bridgehead atoms. The SMILES string of the molecule is CNC(=O)c1ccc(B(O)O)c(F)c1. The van der Waals surface area contributed by atoms with Gasteiger partial charge in [-0.3, -0.25) is 4.79 Å². The summed E-state index contributed by atoms with van der Waals surface area (Å²) in [5, 5.41) is 19.7. The highest BCUT2D eigenvalue weighted by molar-refractivity contribution is 6.58. The molecule has 6 heteroatoms. The Labute approximate surface area is 80.5 Å². The van der Waals surface area contributed by atoms with Gasteiger partial charge in [-0.05, 0) is 12.1 Å². The fourth-order valence-corrected chi connectivity index (χ4v) is 1.02. The van der Waals surface area contributed by atoms with Crippen molar-refractivity contribution in [3.05, 3.63) is 29.6 Å². The molecule has 0 aromatic heterocycles. The molecular formula is C8H9BFNO3. The van der Waals surface area contributed by atoms with Crippen molar-refractivity contribution in [2.45, 2.75) is 0 Å². The number of hydrogen-bond donors (Lipinski definition) is 3. The van der Waals surface area contributed by atoms with Crippen molar-refractivity contribution < 1.29 is 19.2 Å². The zero-order valence-corrected chi connectivity index (χ0v) is 7.49. The molecule has 1 amide bonds. The van der Waals surface area contributed by atoms with E-state index in [4.69, 9.17) is 10.0 Å². The van der Waals surface area contributed by atoms with Gasteiger partial charge in [0.25, 0.3) is 5.91 Å². The van der Waals surface area contributed by atoms with Crippen LogP contribution < -0.4 is 10.8 Å². The van der Waals surface area contributed by atoms with Gasteiger partial charge in [0.1, 0.15) is 5.82 Å². The Hall–Kier alpha value is -1.40. The zero-order chi connectivity index (χ0) is 10.7. The molecular weight excluding hydrogens is 188 g/mol. The molecule has 0 heterocycles. The molecule has 0 atom stereocenters. The normalized spacial score (nSPS) is 9.71. The van der Waals surface area contributed by atoms with Gasteiger partial charge in [-0.25, -0.2) is 4.39 Å². The minimum Gasteiger partial charge on any atom is -0.423 e. The molecule has 3 N–H and O–H groups in total. The zero-order valence-electron chi connectivity index (χ0n) is 7.49. The summed E-state index contributed by atoms with van der Waals surface area (Å²) in [6, 6.07) is 3.43. The van der Waals surface area contributed by atoms with E-state index in [1.54, 1.807) is 0 Å². The summed E-state index contributed by atoms with van der Waals surface area (Å²) < 4.78 is 13.1. The summed E-state index contributed by atoms with van der Waals surface area (Å²) in [6.45, 7) is 0. The maximum Gasteiger partial charge on any atom is 0.491 e. The van der Waals surface area contributed by atoms with Gasteiger partial charge in [0.05, 0.1) is 0 Å². The van der Waals surface area contributed by atoms with E-state index in [1.165, 1.54) is 13.1 Å². The van der Waals surface area contributed by atoms with E-state index in [1.807, 2.05) is 0 Å². The van der Waals surface area contributed by atoms with Crippen molar-refractivity contribution >= 4 is 18.5 Å². The lowest BCUT2D eigenvalue weighted by Gasteiger charge is -2.04. The summed E-state index contributed by atoms with van der Waals surface area (Å²) in [7, 11) is -0.441. The van der Waals surface area contributed by atoms with Crippen LogP contribution in [0.1, 0.15) is 10.4 Å². The molecule has 0 aliphatic heterocycles. The topological polar surface area (TPSA) is 69.6 Å². The van der Waals surface area contributed by atoms with Gasteiger partial charge in [0, 0.05) is 18.1 Å². The summed E-state index contributed by atoms with van der Waals surface area (Å²) in [5.74, 6) is -1.25. The average Bonchev–Trinajstić information content (AvgIpc) is 2.15. The van der Waals surface area contributed by atoms with Crippen LogP contribution in [0.5, 0.6) is 0 Å². The molecule has 1 rings (SSSR count). The molecule has 0 saturated carbocycles. The van der Waals surface area contributed by atoms with Crippen LogP contribution in [0, 0.1) is 5.82 Å². The largest absolute Gasteiger partial charge is 0.491 e. The lowest BCUT2D eigenvalue weighted by atomic mass is 9.79. The number of carbonyl (C=O) groups is 1. The molecule has 1 aromatic carbocycles. The fraction of sp³-hybridized carbons (Fsp3) is 0.125. The van der Waals surface area contributed by atoms with Crippen LogP contribution in [0.3, 0.4) is 0 Å². The molecule has 4 nitrogen and oxygen atoms in total. The van der Waals surface area contributed by atoms with Gasteiger partial charge < -0.3 is 15.4 Å². The number of hydrogen-bond acceptors (Lipinski definition) is 3. The third-order valence-corrected chi connectivity index (χ3v) is 1.77. The summed E-state index contributed by atoms with van der Waals surface area (Å²) in [4.78, 5) is 11.0. The van der Waals surface area contributed by atoms with Crippen LogP contribution in [0.25, 0.3) is 0 Å². The number of carbonyl (C=O) groups excluding carboxylic acids is 1. The van der Waals surface area contributed by atoms with E-state index in [2.05, 4.69) is 5.32 Å². The van der Waals surface area contributed by atoms with Crippen molar-refractivity contribution in [3.63, 3.8) is 0 Å². The standard InChI is InChI=1S/C8H9BFNO3/c1-11-8(12)5-2-3-6(9(13)14)7(10)4-5/h2-4,13-14H,1H3,(H,11,12). The Kier molecular flexibility index (Phi) is 3.21. The van der Waals surface area contributed by atoms with Crippen molar-refractivity contribution in [2.24, 2.45) is 0 Å². The third-order valence-electron chi connectivity index (χ3n) is 1.77. The first-order valence-corrected chi connectivity index (χ1v) is 3.94. The van der Waals surface area contributed by atoms with Gasteiger partial charge in [-0.2, -0.15) is 0 Å². The lowest BCUT2D eigenvalue weighted by molar-refractivity contribution is 0.0962. The van der Waals surface area contributed by atoms with Gasteiger partial charge in [0.2, 0.25) is 0 Å². The average molecular weight is 197 g/mol. The highest BCUT2D eigenvalue weighted by Crippen LogP contribution is 2.01. The van der Waals surface area contributed by atoms with Gasteiger partial charge in [0.15, 0.2) is 0 Å². The smallest absolute Gasteiger partial charge is 0.423 e. The monoisotopic (exact) mass is 197 g/mol. The quantitative estimate of drug-likeness (QED) is 0.525. The second-order valence-electron chi connectivity index (χ2n) is 2.69. The Morgan fingerprint density at radius 2 is 2.14 bits per heavy atom. The number of benzene rings is 1. The number of nitrogens with one attached hydrogen (secondary N) is 1. The first kappa shape index (κ1) is 10.7. The highest BCUT2D eigenvalue weighted by atomic mass is 19.1. The predicted molar refractivity (Wildman–Crippen MR) is 49.6 cm³/mol. The van der Waals surface area contributed by atoms with Crippen LogP contribution in [-0.2, 0) is 0 Å². The second kappa shape index (κ2) is 4.21. The van der Waals surface area contributed by atoms with Crippen LogP contribution in [0.15, 0.2) is 18.2 Å². The Morgan fingerprint density at radius 3 is 2.57 bits per heavy atom. The fourth-order valence-electron chi connectivity index (χ4n) is 1.02. The molecule has 14 heavy (non-hydrogen) atoms. The molecule has 0 unspecified atom stereocenters. The first-order valence-electron chi connectivity index (χ1n) is 3.94. The first-order chi connectivity index (χ1) is 6.56. The number of amides is 1.